The van der Waals surface area contributed by atoms with Gasteiger partial charge >= 0.3 is 12.4 Å². The van der Waals surface area contributed by atoms with Crippen molar-refractivity contribution in [3.63, 3.8) is 0 Å². The van der Waals surface area contributed by atoms with Crippen LogP contribution in [0.3, 0.4) is 0 Å². The third-order valence-electron chi connectivity index (χ3n) is 6.80. The summed E-state index contributed by atoms with van der Waals surface area (Å²) in [5.41, 5.74) is 7.36. The largest absolute Gasteiger partial charge is 0.573 e. The van der Waals surface area contributed by atoms with Crippen LogP contribution in [-0.2, 0) is 17.8 Å². The SMILES string of the molecule is CCCc1ccc(C)cc1N1C(=O)CSC1=NC(=O)Nc1ccc(CN(C)C2N=CN(c3ccc(OC(F)(F)F)cc3)N2)cn1. The van der Waals surface area contributed by atoms with Gasteiger partial charge in [-0.1, -0.05) is 43.3 Å². The van der Waals surface area contributed by atoms with Crippen LogP contribution in [0.15, 0.2) is 70.8 Å². The number of anilines is 3. The van der Waals surface area contributed by atoms with E-state index in [1.54, 1.807) is 23.6 Å². The van der Waals surface area contributed by atoms with Crippen molar-refractivity contribution < 1.29 is 27.5 Å². The lowest BCUT2D eigenvalue weighted by atomic mass is 10.0. The maximum absolute atomic E-state index is 12.8. The third-order valence-corrected chi connectivity index (χ3v) is 7.72. The van der Waals surface area contributed by atoms with Crippen molar-refractivity contribution in [2.45, 2.75) is 45.9 Å². The summed E-state index contributed by atoms with van der Waals surface area (Å²) in [6.45, 7) is 4.48. The number of amidine groups is 1. The lowest BCUT2D eigenvalue weighted by Gasteiger charge is -2.25. The van der Waals surface area contributed by atoms with Crippen LogP contribution in [0.2, 0.25) is 0 Å². The van der Waals surface area contributed by atoms with Gasteiger partial charge in [0.15, 0.2) is 11.5 Å². The van der Waals surface area contributed by atoms with E-state index in [0.29, 0.717) is 23.2 Å². The number of nitrogens with zero attached hydrogens (tertiary/aromatic N) is 6. The van der Waals surface area contributed by atoms with Gasteiger partial charge in [0.25, 0.3) is 0 Å². The van der Waals surface area contributed by atoms with Crippen LogP contribution in [-0.4, -0.2) is 58.8 Å². The zero-order chi connectivity index (χ0) is 32.1. The number of ether oxygens (including phenoxy) is 1. The van der Waals surface area contributed by atoms with Crippen LogP contribution in [0, 0.1) is 6.92 Å². The number of urea groups is 1. The third kappa shape index (κ3) is 8.17. The molecular formula is C30H31F3N8O3S. The summed E-state index contributed by atoms with van der Waals surface area (Å²) in [6.07, 6.45) is -0.311. The average molecular weight is 641 g/mol. The van der Waals surface area contributed by atoms with Crippen molar-refractivity contribution in [2.75, 3.05) is 28.0 Å². The Morgan fingerprint density at radius 3 is 2.67 bits per heavy atom. The maximum atomic E-state index is 12.8. The van der Waals surface area contributed by atoms with Gasteiger partial charge in [-0.05, 0) is 73.5 Å². The number of halogens is 3. The van der Waals surface area contributed by atoms with Crippen molar-refractivity contribution in [2.24, 2.45) is 9.98 Å². The number of nitrogens with one attached hydrogen (secondary N) is 2. The highest BCUT2D eigenvalue weighted by atomic mass is 32.2. The Balaban J connectivity index is 1.16. The molecule has 2 aliphatic rings. The molecule has 3 aromatic rings. The Morgan fingerprint density at radius 1 is 1.20 bits per heavy atom. The second-order valence-corrected chi connectivity index (χ2v) is 11.3. The van der Waals surface area contributed by atoms with Crippen molar-refractivity contribution in [1.82, 2.24) is 15.3 Å². The van der Waals surface area contributed by atoms with Crippen molar-refractivity contribution in [1.29, 1.82) is 0 Å². The van der Waals surface area contributed by atoms with Gasteiger partial charge in [0.05, 0.1) is 17.1 Å². The minimum atomic E-state index is -4.76. The van der Waals surface area contributed by atoms with E-state index in [-0.39, 0.29) is 17.4 Å². The molecule has 2 aromatic carbocycles. The number of pyridine rings is 1. The molecule has 15 heteroatoms. The molecule has 0 aliphatic carbocycles. The molecule has 5 rings (SSSR count). The molecule has 236 valence electrons. The van der Waals surface area contributed by atoms with Gasteiger partial charge in [0.2, 0.25) is 5.91 Å². The number of aliphatic imine (C=N–C) groups is 2. The molecule has 1 atom stereocenters. The molecule has 0 radical (unpaired) electrons. The fraction of sp³-hybridized carbons (Fsp3) is 0.300. The second kappa shape index (κ2) is 13.7. The molecule has 1 aromatic heterocycles. The minimum Gasteiger partial charge on any atom is -0.406 e. The van der Waals surface area contributed by atoms with E-state index >= 15 is 0 Å². The number of aryl methyl sites for hydroxylation is 2. The highest BCUT2D eigenvalue weighted by Crippen LogP contribution is 2.31. The number of carbonyl (C=O) groups excluding carboxylic acids is 2. The summed E-state index contributed by atoms with van der Waals surface area (Å²) in [5.74, 6) is 0.0690. The summed E-state index contributed by atoms with van der Waals surface area (Å²) < 4.78 is 41.2. The molecule has 0 spiro atoms. The first kappa shape index (κ1) is 31.9. The Labute approximate surface area is 262 Å². The Kier molecular flexibility index (Phi) is 9.70. The van der Waals surface area contributed by atoms with E-state index in [1.807, 2.05) is 43.1 Å². The van der Waals surface area contributed by atoms with E-state index in [2.05, 4.69) is 37.4 Å². The number of thioether (sulfide) groups is 1. The minimum absolute atomic E-state index is 0.126. The van der Waals surface area contributed by atoms with Gasteiger partial charge in [-0.15, -0.1) is 13.2 Å². The molecule has 3 heterocycles. The van der Waals surface area contributed by atoms with Gasteiger partial charge in [0.1, 0.15) is 17.9 Å². The predicted molar refractivity (Wildman–Crippen MR) is 168 cm³/mol. The zero-order valence-corrected chi connectivity index (χ0v) is 25.5. The molecule has 45 heavy (non-hydrogen) atoms. The molecule has 2 aliphatic heterocycles. The van der Waals surface area contributed by atoms with Crippen molar-refractivity contribution in [3.05, 3.63) is 77.5 Å². The van der Waals surface area contributed by atoms with E-state index in [0.717, 1.165) is 35.2 Å². The quantitative estimate of drug-likeness (QED) is 0.307. The molecule has 1 unspecified atom stereocenters. The maximum Gasteiger partial charge on any atom is 0.573 e. The monoisotopic (exact) mass is 640 g/mol. The lowest BCUT2D eigenvalue weighted by molar-refractivity contribution is -0.274. The summed E-state index contributed by atoms with van der Waals surface area (Å²) in [6, 6.07) is 14.2. The summed E-state index contributed by atoms with van der Waals surface area (Å²) in [4.78, 5) is 41.9. The number of hydrazine groups is 1. The van der Waals surface area contributed by atoms with Gasteiger partial charge < -0.3 is 4.74 Å². The van der Waals surface area contributed by atoms with Crippen LogP contribution in [0.4, 0.5) is 35.2 Å². The fourth-order valence-corrected chi connectivity index (χ4v) is 5.58. The van der Waals surface area contributed by atoms with Gasteiger partial charge in [0, 0.05) is 12.7 Å². The van der Waals surface area contributed by atoms with Crippen LogP contribution < -0.4 is 25.4 Å². The molecule has 1 saturated heterocycles. The number of amides is 3. The Morgan fingerprint density at radius 2 is 1.98 bits per heavy atom. The van der Waals surface area contributed by atoms with Crippen LogP contribution in [0.25, 0.3) is 0 Å². The number of aromatic nitrogens is 1. The van der Waals surface area contributed by atoms with Crippen LogP contribution in [0.1, 0.15) is 30.0 Å². The number of rotatable bonds is 9. The van der Waals surface area contributed by atoms with E-state index < -0.39 is 18.7 Å². The molecule has 0 saturated carbocycles. The smallest absolute Gasteiger partial charge is 0.406 e. The first-order valence-electron chi connectivity index (χ1n) is 14.0. The van der Waals surface area contributed by atoms with E-state index in [1.165, 1.54) is 40.9 Å². The number of hydrogen-bond acceptors (Lipinski definition) is 9. The molecule has 3 amide bonds. The molecule has 11 nitrogen and oxygen atoms in total. The zero-order valence-electron chi connectivity index (χ0n) is 24.7. The normalized spacial score (nSPS) is 17.5. The molecule has 2 N–H and O–H groups in total. The number of hydrogen-bond donors (Lipinski definition) is 2. The summed E-state index contributed by atoms with van der Waals surface area (Å²) >= 11 is 1.22. The topological polar surface area (TPSA) is 115 Å². The number of alkyl halides is 3. The highest BCUT2D eigenvalue weighted by molar-refractivity contribution is 8.15. The van der Waals surface area contributed by atoms with Crippen molar-refractivity contribution >= 4 is 52.4 Å². The first-order valence-corrected chi connectivity index (χ1v) is 15.0. The van der Waals surface area contributed by atoms with Crippen molar-refractivity contribution in [3.8, 4) is 5.75 Å². The standard InChI is InChI=1S/C30H31F3N8O3S/c1-4-5-21-8-6-19(2)14-24(21)41-26(42)17-45-29(41)37-28(43)36-25-13-7-20(15-34-25)16-39(3)27-35-18-40(38-27)22-9-11-23(12-10-22)44-30(31,32)33/h6-15,18,27,38H,4-5,16-17H2,1-3H3,(H,34,36,43). The van der Waals surface area contributed by atoms with Gasteiger partial charge in [-0.25, -0.2) is 14.8 Å². The van der Waals surface area contributed by atoms with Crippen LogP contribution >= 0.6 is 11.8 Å². The highest BCUT2D eigenvalue weighted by Gasteiger charge is 2.32. The Bertz CT molecular complexity index is 1600. The number of carbonyl (C=O) groups is 2. The summed E-state index contributed by atoms with van der Waals surface area (Å²) in [7, 11) is 1.84. The fourth-order valence-electron chi connectivity index (χ4n) is 4.72. The van der Waals surface area contributed by atoms with Gasteiger partial charge in [-0.3, -0.25) is 24.9 Å². The molecule has 0 bridgehead atoms. The molecule has 1 fully saturated rings. The predicted octanol–water partition coefficient (Wildman–Crippen LogP) is 5.68. The number of benzene rings is 2. The molecular weight excluding hydrogens is 609 g/mol. The summed E-state index contributed by atoms with van der Waals surface area (Å²) in [5, 5.41) is 4.58. The first-order chi connectivity index (χ1) is 21.5. The van der Waals surface area contributed by atoms with E-state index in [4.69, 9.17) is 0 Å². The van der Waals surface area contributed by atoms with Gasteiger partial charge in [-0.2, -0.15) is 10.4 Å². The van der Waals surface area contributed by atoms with Crippen LogP contribution in [0.5, 0.6) is 5.75 Å². The Hall–Kier alpha value is -4.47. The average Bonchev–Trinajstić information content (AvgIpc) is 3.62. The van der Waals surface area contributed by atoms with E-state index in [9.17, 15) is 22.8 Å². The lowest BCUT2D eigenvalue weighted by Crippen LogP contribution is -2.45. The second-order valence-electron chi connectivity index (χ2n) is 10.4.